The van der Waals surface area contributed by atoms with E-state index in [1.165, 1.54) is 26.0 Å². The third-order valence-corrected chi connectivity index (χ3v) is 8.07. The van der Waals surface area contributed by atoms with Gasteiger partial charge in [0.1, 0.15) is 19.2 Å². The molecule has 3 heterocycles. The number of ketones is 1. The lowest BCUT2D eigenvalue weighted by molar-refractivity contribution is -0.180. The van der Waals surface area contributed by atoms with E-state index in [1.807, 2.05) is 0 Å². The third-order valence-electron chi connectivity index (χ3n) is 8.07. The van der Waals surface area contributed by atoms with Crippen LogP contribution < -0.4 is 0 Å². The molecule has 3 unspecified atom stereocenters. The number of ether oxygens (including phenoxy) is 3. The molecule has 0 spiro atoms. The quantitative estimate of drug-likeness (QED) is 0.265. The molecule has 11 heteroatoms. The minimum Gasteiger partial charge on any atom is -0.465 e. The fourth-order valence-electron chi connectivity index (χ4n) is 6.17. The first-order valence-corrected chi connectivity index (χ1v) is 12.4. The van der Waals surface area contributed by atoms with Gasteiger partial charge in [-0.1, -0.05) is 12.8 Å². The van der Waals surface area contributed by atoms with Crippen LogP contribution in [0.15, 0.2) is 0 Å². The fraction of sp³-hybridized carbons (Fsp3) is 0.792. The van der Waals surface area contributed by atoms with E-state index in [1.54, 1.807) is 9.80 Å². The number of piperazine rings is 2. The van der Waals surface area contributed by atoms with Gasteiger partial charge in [0.25, 0.3) is 5.91 Å². The SMILES string of the molecule is COC(CN1CC2C3CCCC(C(=O)N2CC1=O)N3C(=O)C(=O)C1(COC(C)=O)CCCC1)OC. The van der Waals surface area contributed by atoms with E-state index in [-0.39, 0.29) is 44.1 Å². The molecule has 3 amide bonds. The summed E-state index contributed by atoms with van der Waals surface area (Å²) >= 11 is 0. The summed E-state index contributed by atoms with van der Waals surface area (Å²) in [5.41, 5.74) is -1.03. The molecule has 1 saturated carbocycles. The molecule has 1 aliphatic carbocycles. The number of esters is 1. The molecule has 4 fully saturated rings. The summed E-state index contributed by atoms with van der Waals surface area (Å²) in [6, 6.07) is -1.52. The predicted molar refractivity (Wildman–Crippen MR) is 121 cm³/mol. The Morgan fingerprint density at radius 3 is 2.34 bits per heavy atom. The van der Waals surface area contributed by atoms with Crippen LogP contribution in [0.1, 0.15) is 51.9 Å². The number of hydrogen-bond acceptors (Lipinski definition) is 8. The van der Waals surface area contributed by atoms with Crippen LogP contribution in [0.5, 0.6) is 0 Å². The number of piperidine rings is 1. The van der Waals surface area contributed by atoms with Gasteiger partial charge < -0.3 is 28.9 Å². The Hall–Kier alpha value is -2.53. The van der Waals surface area contributed by atoms with Crippen molar-refractivity contribution in [2.75, 3.05) is 40.5 Å². The highest BCUT2D eigenvalue weighted by molar-refractivity contribution is 6.38. The molecule has 11 nitrogen and oxygen atoms in total. The van der Waals surface area contributed by atoms with E-state index in [4.69, 9.17) is 14.2 Å². The summed E-state index contributed by atoms with van der Waals surface area (Å²) in [4.78, 5) is 69.7. The predicted octanol–water partition coefficient (Wildman–Crippen LogP) is 0.101. The number of rotatable bonds is 8. The number of carbonyl (C=O) groups is 5. The lowest BCUT2D eigenvalue weighted by Crippen LogP contribution is -2.75. The molecular weight excluding hydrogens is 458 g/mol. The Morgan fingerprint density at radius 2 is 1.71 bits per heavy atom. The Morgan fingerprint density at radius 1 is 1.03 bits per heavy atom. The molecule has 0 aromatic carbocycles. The van der Waals surface area contributed by atoms with Crippen LogP contribution in [0.3, 0.4) is 0 Å². The fourth-order valence-corrected chi connectivity index (χ4v) is 6.17. The smallest absolute Gasteiger partial charge is 0.302 e. The average Bonchev–Trinajstić information content (AvgIpc) is 3.34. The van der Waals surface area contributed by atoms with E-state index in [0.29, 0.717) is 25.7 Å². The number of hydrogen-bond donors (Lipinski definition) is 0. The van der Waals surface area contributed by atoms with Crippen molar-refractivity contribution in [2.45, 2.75) is 76.3 Å². The van der Waals surface area contributed by atoms with Gasteiger partial charge in [-0.2, -0.15) is 0 Å². The van der Waals surface area contributed by atoms with Crippen molar-refractivity contribution in [1.82, 2.24) is 14.7 Å². The van der Waals surface area contributed by atoms with E-state index in [2.05, 4.69) is 0 Å². The van der Waals surface area contributed by atoms with Crippen molar-refractivity contribution in [2.24, 2.45) is 5.41 Å². The average molecular weight is 494 g/mol. The summed E-state index contributed by atoms with van der Waals surface area (Å²) in [5, 5.41) is 0. The van der Waals surface area contributed by atoms with Crippen LogP contribution in [0, 0.1) is 5.41 Å². The van der Waals surface area contributed by atoms with Gasteiger partial charge in [0.15, 0.2) is 6.29 Å². The number of nitrogens with zero attached hydrogens (tertiary/aromatic N) is 3. The number of methoxy groups -OCH3 is 2. The summed E-state index contributed by atoms with van der Waals surface area (Å²) < 4.78 is 15.7. The summed E-state index contributed by atoms with van der Waals surface area (Å²) in [6.07, 6.45) is 3.77. The van der Waals surface area contributed by atoms with E-state index in [0.717, 1.165) is 19.3 Å². The van der Waals surface area contributed by atoms with Gasteiger partial charge in [0.2, 0.25) is 17.6 Å². The van der Waals surface area contributed by atoms with Gasteiger partial charge >= 0.3 is 5.97 Å². The Kier molecular flexibility index (Phi) is 7.46. The van der Waals surface area contributed by atoms with E-state index in [9.17, 15) is 24.0 Å². The largest absolute Gasteiger partial charge is 0.465 e. The Bertz CT molecular complexity index is 882. The van der Waals surface area contributed by atoms with Crippen molar-refractivity contribution < 1.29 is 38.2 Å². The Labute approximate surface area is 205 Å². The molecule has 3 atom stereocenters. The maximum Gasteiger partial charge on any atom is 0.302 e. The van der Waals surface area contributed by atoms with Crippen LogP contribution in [0.2, 0.25) is 0 Å². The molecular formula is C24H35N3O8. The van der Waals surface area contributed by atoms with Crippen molar-refractivity contribution in [3.63, 3.8) is 0 Å². The topological polar surface area (TPSA) is 123 Å². The molecule has 0 N–H and O–H groups in total. The number of carbonyl (C=O) groups excluding carboxylic acids is 5. The molecule has 0 aromatic heterocycles. The lowest BCUT2D eigenvalue weighted by atomic mass is 9.79. The number of amides is 3. The minimum absolute atomic E-state index is 0.0665. The second kappa shape index (κ2) is 10.2. The van der Waals surface area contributed by atoms with Crippen LogP contribution in [0.4, 0.5) is 0 Å². The highest BCUT2D eigenvalue weighted by Gasteiger charge is 2.56. The zero-order valence-electron chi connectivity index (χ0n) is 20.7. The molecule has 2 bridgehead atoms. The van der Waals surface area contributed by atoms with E-state index >= 15 is 0 Å². The molecule has 3 saturated heterocycles. The maximum atomic E-state index is 13.7. The first kappa shape index (κ1) is 25.6. The molecule has 0 radical (unpaired) electrons. The van der Waals surface area contributed by atoms with E-state index < -0.39 is 41.4 Å². The second-order valence-electron chi connectivity index (χ2n) is 10.1. The third kappa shape index (κ3) is 4.67. The standard InChI is InChI=1S/C24H35N3O8/c1-15(28)35-14-24(9-4-5-10-24)21(30)23(32)27-16-7-6-8-17(27)22(31)26-12-19(29)25(11-18(16)26)13-20(33-2)34-3/h16-18,20H,4-14H2,1-3H3. The normalized spacial score (nSPS) is 27.8. The molecule has 4 rings (SSSR count). The molecule has 35 heavy (non-hydrogen) atoms. The first-order chi connectivity index (χ1) is 16.7. The summed E-state index contributed by atoms with van der Waals surface area (Å²) in [6.45, 7) is 1.55. The zero-order valence-corrected chi connectivity index (χ0v) is 20.7. The van der Waals surface area contributed by atoms with Crippen molar-refractivity contribution >= 4 is 29.5 Å². The van der Waals surface area contributed by atoms with Crippen molar-refractivity contribution in [3.8, 4) is 0 Å². The highest BCUT2D eigenvalue weighted by atomic mass is 16.7. The summed E-state index contributed by atoms with van der Waals surface area (Å²) in [7, 11) is 2.98. The van der Waals surface area contributed by atoms with Gasteiger partial charge in [-0.25, -0.2) is 0 Å². The second-order valence-corrected chi connectivity index (χ2v) is 10.1. The van der Waals surface area contributed by atoms with Crippen LogP contribution >= 0.6 is 0 Å². The number of Topliss-reactive ketones (excluding diaryl/α,β-unsaturated/α-hetero) is 1. The first-order valence-electron chi connectivity index (χ1n) is 12.4. The maximum absolute atomic E-state index is 13.7. The molecule has 0 aromatic rings. The van der Waals surface area contributed by atoms with Crippen molar-refractivity contribution in [1.29, 1.82) is 0 Å². The van der Waals surface area contributed by atoms with Gasteiger partial charge in [-0.05, 0) is 32.1 Å². The Balaban J connectivity index is 1.58. The highest BCUT2D eigenvalue weighted by Crippen LogP contribution is 2.42. The number of fused-ring (bicyclic) bond motifs is 4. The minimum atomic E-state index is -1.03. The van der Waals surface area contributed by atoms with Gasteiger partial charge in [0.05, 0.1) is 24.0 Å². The molecule has 3 aliphatic heterocycles. The van der Waals surface area contributed by atoms with Crippen LogP contribution in [0.25, 0.3) is 0 Å². The molecule has 194 valence electrons. The monoisotopic (exact) mass is 493 g/mol. The van der Waals surface area contributed by atoms with Gasteiger partial charge in [-0.15, -0.1) is 0 Å². The van der Waals surface area contributed by atoms with Crippen LogP contribution in [-0.2, 0) is 38.2 Å². The van der Waals surface area contributed by atoms with Gasteiger partial charge in [0, 0.05) is 27.7 Å². The van der Waals surface area contributed by atoms with Crippen LogP contribution in [-0.4, -0.2) is 109 Å². The zero-order chi connectivity index (χ0) is 25.3. The lowest BCUT2D eigenvalue weighted by Gasteiger charge is -2.56. The van der Waals surface area contributed by atoms with Crippen molar-refractivity contribution in [3.05, 3.63) is 0 Å². The van der Waals surface area contributed by atoms with Gasteiger partial charge in [-0.3, -0.25) is 24.0 Å². The summed E-state index contributed by atoms with van der Waals surface area (Å²) in [5.74, 6) is -2.21. The molecule has 4 aliphatic rings.